The maximum Gasteiger partial charge on any atom is 0.262 e. The Morgan fingerprint density at radius 1 is 0.879 bits per heavy atom. The molecule has 0 spiro atoms. The molecule has 0 aliphatic carbocycles. The van der Waals surface area contributed by atoms with Crippen LogP contribution in [-0.4, -0.2) is 63.6 Å². The third kappa shape index (κ3) is 4.58. The smallest absolute Gasteiger partial charge is 0.262 e. The van der Waals surface area contributed by atoms with E-state index in [2.05, 4.69) is 30.9 Å². The van der Waals surface area contributed by atoms with Crippen LogP contribution < -0.4 is 0 Å². The van der Waals surface area contributed by atoms with E-state index >= 15 is 0 Å². The molecule has 2 aromatic rings. The predicted molar refractivity (Wildman–Crippen MR) is 128 cm³/mol. The number of imide groups is 1. The minimum Gasteiger partial charge on any atom is -0.338 e. The lowest BCUT2D eigenvalue weighted by Gasteiger charge is -2.46. The first-order chi connectivity index (χ1) is 15.8. The first-order valence-electron chi connectivity index (χ1n) is 11.8. The van der Waals surface area contributed by atoms with Crippen LogP contribution in [0.4, 0.5) is 0 Å². The lowest BCUT2D eigenvalue weighted by Crippen LogP contribution is -2.61. The van der Waals surface area contributed by atoms with Gasteiger partial charge >= 0.3 is 0 Å². The molecule has 2 aliphatic rings. The zero-order valence-electron chi connectivity index (χ0n) is 19.9. The third-order valence-corrected chi connectivity index (χ3v) is 6.74. The van der Waals surface area contributed by atoms with Crippen LogP contribution in [0.25, 0.3) is 0 Å². The molecule has 33 heavy (non-hydrogen) atoms. The number of fused-ring (bicyclic) bond motifs is 1. The summed E-state index contributed by atoms with van der Waals surface area (Å²) >= 11 is 0. The van der Waals surface area contributed by atoms with E-state index in [1.807, 2.05) is 36.9 Å². The molecular weight excluding hydrogens is 414 g/mol. The minimum atomic E-state index is -0.780. The number of carbonyl (C=O) groups is 3. The van der Waals surface area contributed by atoms with Crippen molar-refractivity contribution in [3.05, 3.63) is 71.3 Å². The van der Waals surface area contributed by atoms with E-state index in [0.29, 0.717) is 30.6 Å². The third-order valence-electron chi connectivity index (χ3n) is 6.74. The molecule has 1 fully saturated rings. The Kier molecular flexibility index (Phi) is 6.66. The van der Waals surface area contributed by atoms with Gasteiger partial charge in [0.25, 0.3) is 11.8 Å². The Balaban J connectivity index is 1.53. The zero-order chi connectivity index (χ0) is 23.7. The number of amides is 3. The average molecular weight is 448 g/mol. The van der Waals surface area contributed by atoms with E-state index < -0.39 is 6.04 Å². The van der Waals surface area contributed by atoms with Crippen molar-refractivity contribution in [3.8, 4) is 0 Å². The second-order valence-corrected chi connectivity index (χ2v) is 9.77. The first kappa shape index (κ1) is 23.2. The highest BCUT2D eigenvalue weighted by Crippen LogP contribution is 2.29. The van der Waals surface area contributed by atoms with Crippen LogP contribution in [0.1, 0.15) is 60.4 Å². The molecule has 174 valence electrons. The van der Waals surface area contributed by atoms with E-state index in [9.17, 15) is 14.4 Å². The summed E-state index contributed by atoms with van der Waals surface area (Å²) in [5.74, 6) is -0.689. The van der Waals surface area contributed by atoms with Gasteiger partial charge in [-0.15, -0.1) is 0 Å². The largest absolute Gasteiger partial charge is 0.338 e. The Bertz CT molecular complexity index is 989. The molecule has 0 saturated carbocycles. The van der Waals surface area contributed by atoms with Gasteiger partial charge in [-0.05, 0) is 43.9 Å². The van der Waals surface area contributed by atoms with Crippen molar-refractivity contribution in [2.24, 2.45) is 5.92 Å². The molecule has 0 aromatic heterocycles. The van der Waals surface area contributed by atoms with Crippen LogP contribution in [0.2, 0.25) is 0 Å². The highest BCUT2D eigenvalue weighted by Gasteiger charge is 2.45. The summed E-state index contributed by atoms with van der Waals surface area (Å²) in [4.78, 5) is 45.5. The van der Waals surface area contributed by atoms with Gasteiger partial charge in [0.05, 0.1) is 11.1 Å². The molecule has 3 atom stereocenters. The molecule has 6 nitrogen and oxygen atoms in total. The summed E-state index contributed by atoms with van der Waals surface area (Å²) in [5, 5.41) is 0. The lowest BCUT2D eigenvalue weighted by atomic mass is 9.99. The quantitative estimate of drug-likeness (QED) is 0.632. The minimum absolute atomic E-state index is 0.128. The summed E-state index contributed by atoms with van der Waals surface area (Å²) < 4.78 is 0. The summed E-state index contributed by atoms with van der Waals surface area (Å²) in [6.45, 7) is 10.3. The molecule has 2 aromatic carbocycles. The summed E-state index contributed by atoms with van der Waals surface area (Å²) in [6.07, 6.45) is 0.456. The number of hydrogen-bond donors (Lipinski definition) is 0. The number of rotatable bonds is 6. The molecule has 3 unspecified atom stereocenters. The summed E-state index contributed by atoms with van der Waals surface area (Å²) in [7, 11) is 0. The summed E-state index contributed by atoms with van der Waals surface area (Å²) in [5.41, 5.74) is 2.02. The van der Waals surface area contributed by atoms with Crippen molar-refractivity contribution in [2.45, 2.75) is 58.8 Å². The average Bonchev–Trinajstić information content (AvgIpc) is 3.05. The molecular formula is C27H33N3O3. The Labute approximate surface area is 196 Å². The molecule has 4 rings (SSSR count). The monoisotopic (exact) mass is 447 g/mol. The fourth-order valence-corrected chi connectivity index (χ4v) is 5.11. The fraction of sp³-hybridized carbons (Fsp3) is 0.444. The van der Waals surface area contributed by atoms with Gasteiger partial charge in [0.1, 0.15) is 6.04 Å². The molecule has 0 bridgehead atoms. The van der Waals surface area contributed by atoms with Crippen LogP contribution >= 0.6 is 0 Å². The van der Waals surface area contributed by atoms with Gasteiger partial charge in [0.15, 0.2) is 0 Å². The number of hydrogen-bond acceptors (Lipinski definition) is 4. The summed E-state index contributed by atoms with van der Waals surface area (Å²) in [6, 6.07) is 16.7. The van der Waals surface area contributed by atoms with Gasteiger partial charge in [0, 0.05) is 31.7 Å². The maximum absolute atomic E-state index is 13.8. The molecule has 0 radical (unpaired) electrons. The molecule has 3 amide bonds. The van der Waals surface area contributed by atoms with Crippen molar-refractivity contribution < 1.29 is 14.4 Å². The zero-order valence-corrected chi connectivity index (χ0v) is 19.9. The Morgan fingerprint density at radius 3 is 1.91 bits per heavy atom. The van der Waals surface area contributed by atoms with E-state index in [-0.39, 0.29) is 35.7 Å². The molecule has 6 heteroatoms. The number of benzene rings is 2. The highest BCUT2D eigenvalue weighted by molar-refractivity contribution is 6.22. The van der Waals surface area contributed by atoms with Gasteiger partial charge in [-0.1, -0.05) is 56.3 Å². The van der Waals surface area contributed by atoms with E-state index in [4.69, 9.17) is 0 Å². The number of nitrogens with zero attached hydrogens (tertiary/aromatic N) is 3. The molecule has 2 heterocycles. The maximum atomic E-state index is 13.8. The first-order valence-corrected chi connectivity index (χ1v) is 11.8. The normalized spacial score (nSPS) is 22.1. The van der Waals surface area contributed by atoms with Gasteiger partial charge in [-0.2, -0.15) is 0 Å². The molecule has 1 saturated heterocycles. The lowest BCUT2D eigenvalue weighted by molar-refractivity contribution is -0.140. The van der Waals surface area contributed by atoms with E-state index in [1.165, 1.54) is 10.5 Å². The van der Waals surface area contributed by atoms with Crippen LogP contribution in [0.3, 0.4) is 0 Å². The van der Waals surface area contributed by atoms with Gasteiger partial charge in [-0.25, -0.2) is 0 Å². The van der Waals surface area contributed by atoms with Gasteiger partial charge in [0.2, 0.25) is 5.91 Å². The van der Waals surface area contributed by atoms with E-state index in [1.54, 1.807) is 24.3 Å². The van der Waals surface area contributed by atoms with Crippen LogP contribution in [0, 0.1) is 5.92 Å². The van der Waals surface area contributed by atoms with Crippen LogP contribution in [-0.2, 0) is 11.3 Å². The topological polar surface area (TPSA) is 60.9 Å². The number of piperazine rings is 1. The second-order valence-electron chi connectivity index (χ2n) is 9.77. The fourth-order valence-electron chi connectivity index (χ4n) is 5.11. The van der Waals surface area contributed by atoms with Gasteiger partial charge < -0.3 is 4.90 Å². The van der Waals surface area contributed by atoms with Crippen molar-refractivity contribution in [1.29, 1.82) is 0 Å². The Hall–Kier alpha value is -2.99. The van der Waals surface area contributed by atoms with Crippen molar-refractivity contribution >= 4 is 17.7 Å². The predicted octanol–water partition coefficient (Wildman–Crippen LogP) is 3.82. The number of carbonyl (C=O) groups excluding carboxylic acids is 3. The van der Waals surface area contributed by atoms with Crippen LogP contribution in [0.15, 0.2) is 54.6 Å². The van der Waals surface area contributed by atoms with E-state index in [0.717, 1.165) is 6.54 Å². The Morgan fingerprint density at radius 2 is 1.39 bits per heavy atom. The van der Waals surface area contributed by atoms with Crippen molar-refractivity contribution in [2.75, 3.05) is 13.1 Å². The van der Waals surface area contributed by atoms with Crippen LogP contribution in [0.5, 0.6) is 0 Å². The highest BCUT2D eigenvalue weighted by atomic mass is 16.2. The van der Waals surface area contributed by atoms with Crippen molar-refractivity contribution in [1.82, 2.24) is 14.7 Å². The van der Waals surface area contributed by atoms with Gasteiger partial charge in [-0.3, -0.25) is 24.2 Å². The SMILES string of the molecule is CC(C)CC(C(=O)N1CC(C)N(Cc2ccccc2)C(C)C1)N1C(=O)c2ccccc2C1=O. The second kappa shape index (κ2) is 9.48. The van der Waals surface area contributed by atoms with Crippen molar-refractivity contribution in [3.63, 3.8) is 0 Å². The molecule has 2 aliphatic heterocycles. The molecule has 0 N–H and O–H groups in total. The standard InChI is InChI=1S/C27H33N3O3/c1-18(2)14-24(30-25(31)22-12-8-9-13-23(22)26(30)32)27(33)28-15-19(3)29(20(4)16-28)17-21-10-6-5-7-11-21/h5-13,18-20,24H,14-17H2,1-4H3.